The normalized spacial score (nSPS) is 11.3. The van der Waals surface area contributed by atoms with Crippen LogP contribution in [-0.4, -0.2) is 24.9 Å². The molecule has 0 radical (unpaired) electrons. The summed E-state index contributed by atoms with van der Waals surface area (Å²) in [7, 11) is 0. The second-order valence-corrected chi connectivity index (χ2v) is 14.8. The zero-order valence-electron chi connectivity index (χ0n) is 32.4. The van der Waals surface area contributed by atoms with E-state index in [1.807, 2.05) is 60.7 Å². The highest BCUT2D eigenvalue weighted by Gasteiger charge is 2.22. The second-order valence-electron chi connectivity index (χ2n) is 14.8. The van der Waals surface area contributed by atoms with E-state index in [1.54, 1.807) is 0 Å². The molecule has 60 heavy (non-hydrogen) atoms. The van der Waals surface area contributed by atoms with Crippen LogP contribution < -0.4 is 0 Å². The maximum atomic E-state index is 5.66. The van der Waals surface area contributed by atoms with Gasteiger partial charge < -0.3 is 0 Å². The van der Waals surface area contributed by atoms with E-state index >= 15 is 0 Å². The van der Waals surface area contributed by atoms with Crippen molar-refractivity contribution in [2.75, 3.05) is 0 Å². The average Bonchev–Trinajstić information content (AvgIpc) is 3.34. The minimum Gasteiger partial charge on any atom is -0.247 e. The topological polar surface area (TPSA) is 64.5 Å². The Balaban J connectivity index is 1.18. The third kappa shape index (κ3) is 6.35. The summed E-state index contributed by atoms with van der Waals surface area (Å²) in [4.78, 5) is 26.7. The molecule has 3 aromatic heterocycles. The quantitative estimate of drug-likeness (QED) is 0.151. The Bertz CT molecular complexity index is 3260. The number of hydrogen-bond donors (Lipinski definition) is 0. The van der Waals surface area contributed by atoms with Gasteiger partial charge in [-0.1, -0.05) is 194 Å². The lowest BCUT2D eigenvalue weighted by atomic mass is 9.92. The third-order valence-corrected chi connectivity index (χ3v) is 11.1. The van der Waals surface area contributed by atoms with Gasteiger partial charge in [0.15, 0.2) is 5.82 Å². The van der Waals surface area contributed by atoms with Crippen molar-refractivity contribution in [2.24, 2.45) is 0 Å². The number of nitrogens with zero attached hydrogens (tertiary/aromatic N) is 5. The maximum absolute atomic E-state index is 5.66. The highest BCUT2D eigenvalue weighted by Crippen LogP contribution is 2.43. The molecule has 0 aliphatic carbocycles. The lowest BCUT2D eigenvalue weighted by Crippen LogP contribution is -2.00. The molecule has 0 saturated carbocycles. The molecule has 0 unspecified atom stereocenters. The maximum Gasteiger partial charge on any atom is 0.160 e. The zero-order valence-corrected chi connectivity index (χ0v) is 32.4. The molecule has 5 nitrogen and oxygen atoms in total. The SMILES string of the molecule is c1ccc(-c2cc(-c3ccc(-c4cc5c(-c6ccccc6)nc6ccccc6c5c5nc(-c6ccccc6)c(-c6ccccc6)nc45)cc3)nc(-c3ccccc3)n2)cc1. The molecule has 11 rings (SSSR count). The molecule has 0 saturated heterocycles. The second kappa shape index (κ2) is 15.0. The fraction of sp³-hybridized carbons (Fsp3) is 0. The summed E-state index contributed by atoms with van der Waals surface area (Å²) in [6, 6.07) is 73.0. The first-order valence-electron chi connectivity index (χ1n) is 20.1. The predicted octanol–water partition coefficient (Wildman–Crippen LogP) is 13.8. The van der Waals surface area contributed by atoms with Crippen molar-refractivity contribution < 1.29 is 0 Å². The molecule has 0 bridgehead atoms. The van der Waals surface area contributed by atoms with Gasteiger partial charge in [-0.05, 0) is 23.8 Å². The third-order valence-electron chi connectivity index (χ3n) is 11.1. The lowest BCUT2D eigenvalue weighted by molar-refractivity contribution is 1.18. The largest absolute Gasteiger partial charge is 0.247 e. The first kappa shape index (κ1) is 35.0. The molecule has 280 valence electrons. The summed E-state index contributed by atoms with van der Waals surface area (Å²) < 4.78 is 0. The van der Waals surface area contributed by atoms with Gasteiger partial charge >= 0.3 is 0 Å². The van der Waals surface area contributed by atoms with Crippen molar-refractivity contribution in [1.29, 1.82) is 0 Å². The number of hydrogen-bond acceptors (Lipinski definition) is 5. The van der Waals surface area contributed by atoms with Gasteiger partial charge in [0, 0.05) is 55.1 Å². The van der Waals surface area contributed by atoms with Gasteiger partial charge in [-0.3, -0.25) is 0 Å². The van der Waals surface area contributed by atoms with E-state index in [1.165, 1.54) is 0 Å². The molecule has 11 aromatic rings. The van der Waals surface area contributed by atoms with Crippen molar-refractivity contribution in [3.8, 4) is 78.8 Å². The molecule has 0 N–H and O–H groups in total. The smallest absolute Gasteiger partial charge is 0.160 e. The Morgan fingerprint density at radius 3 is 1.27 bits per heavy atom. The standard InChI is InChI=1S/C55H35N5/c1-6-18-37(19-7-1)47-35-48(58-55(57-47)42-26-14-5-15-27-42)38-32-30-36(31-33-38)44-34-45-49(43-28-16-17-29-46(43)56-50(45)39-20-8-2-9-21-39)54-53(44)59-51(40-22-10-3-11-23-40)52(60-54)41-24-12-4-13-25-41/h1-35H. The molecule has 5 heteroatoms. The predicted molar refractivity (Wildman–Crippen MR) is 246 cm³/mol. The number of para-hydroxylation sites is 1. The van der Waals surface area contributed by atoms with Crippen LogP contribution in [0.5, 0.6) is 0 Å². The minimum absolute atomic E-state index is 0.683. The fourth-order valence-corrected chi connectivity index (χ4v) is 8.15. The Labute approximate surface area is 347 Å². The summed E-state index contributed by atoms with van der Waals surface area (Å²) in [6.45, 7) is 0. The van der Waals surface area contributed by atoms with E-state index in [0.717, 1.165) is 106 Å². The Kier molecular flexibility index (Phi) is 8.75. The van der Waals surface area contributed by atoms with E-state index in [4.69, 9.17) is 24.9 Å². The molecule has 3 heterocycles. The molecule has 0 aliphatic heterocycles. The molecule has 0 amide bonds. The van der Waals surface area contributed by atoms with E-state index in [-0.39, 0.29) is 0 Å². The molecule has 0 aliphatic rings. The van der Waals surface area contributed by atoms with Gasteiger partial charge in [-0.2, -0.15) is 0 Å². The van der Waals surface area contributed by atoms with Crippen LogP contribution in [0, 0.1) is 0 Å². The summed E-state index contributed by atoms with van der Waals surface area (Å²) in [5.41, 5.74) is 14.9. The summed E-state index contributed by atoms with van der Waals surface area (Å²) in [5, 5.41) is 3.08. The molecule has 0 fully saturated rings. The van der Waals surface area contributed by atoms with Crippen LogP contribution in [0.1, 0.15) is 0 Å². The Hall–Kier alpha value is -8.15. The van der Waals surface area contributed by atoms with Gasteiger partial charge in [-0.25, -0.2) is 24.9 Å². The van der Waals surface area contributed by atoms with Crippen LogP contribution in [0.4, 0.5) is 0 Å². The first-order chi connectivity index (χ1) is 29.7. The minimum atomic E-state index is 0.683. The molecular formula is C55H35N5. The van der Waals surface area contributed by atoms with Crippen LogP contribution in [0.15, 0.2) is 212 Å². The van der Waals surface area contributed by atoms with Gasteiger partial charge in [0.2, 0.25) is 0 Å². The number of fused-ring (bicyclic) bond motifs is 5. The number of rotatable bonds is 7. The van der Waals surface area contributed by atoms with Gasteiger partial charge in [0.1, 0.15) is 0 Å². The van der Waals surface area contributed by atoms with Crippen molar-refractivity contribution >= 4 is 32.7 Å². The fourth-order valence-electron chi connectivity index (χ4n) is 8.15. The van der Waals surface area contributed by atoms with Crippen molar-refractivity contribution in [1.82, 2.24) is 24.9 Å². The summed E-state index contributed by atoms with van der Waals surface area (Å²) >= 11 is 0. The van der Waals surface area contributed by atoms with Crippen molar-refractivity contribution in [2.45, 2.75) is 0 Å². The van der Waals surface area contributed by atoms with Crippen LogP contribution in [0.2, 0.25) is 0 Å². The van der Waals surface area contributed by atoms with E-state index in [2.05, 4.69) is 152 Å². The molecule has 0 atom stereocenters. The zero-order chi connectivity index (χ0) is 39.8. The van der Waals surface area contributed by atoms with Crippen LogP contribution in [-0.2, 0) is 0 Å². The Morgan fingerprint density at radius 1 is 0.267 bits per heavy atom. The van der Waals surface area contributed by atoms with Crippen molar-refractivity contribution in [3.05, 3.63) is 212 Å². The lowest BCUT2D eigenvalue weighted by Gasteiger charge is -2.18. The summed E-state index contributed by atoms with van der Waals surface area (Å²) in [5.74, 6) is 0.683. The van der Waals surface area contributed by atoms with E-state index < -0.39 is 0 Å². The Morgan fingerprint density at radius 2 is 0.700 bits per heavy atom. The first-order valence-corrected chi connectivity index (χ1v) is 20.1. The average molecular weight is 766 g/mol. The monoisotopic (exact) mass is 765 g/mol. The van der Waals surface area contributed by atoms with Crippen LogP contribution in [0.3, 0.4) is 0 Å². The van der Waals surface area contributed by atoms with Crippen molar-refractivity contribution in [3.63, 3.8) is 0 Å². The highest BCUT2D eigenvalue weighted by molar-refractivity contribution is 6.24. The number of aromatic nitrogens is 5. The number of benzene rings is 8. The van der Waals surface area contributed by atoms with E-state index in [9.17, 15) is 0 Å². The molecular weight excluding hydrogens is 731 g/mol. The van der Waals surface area contributed by atoms with Crippen LogP contribution >= 0.6 is 0 Å². The highest BCUT2D eigenvalue weighted by atomic mass is 14.9. The number of pyridine rings is 1. The van der Waals surface area contributed by atoms with Crippen LogP contribution in [0.25, 0.3) is 112 Å². The van der Waals surface area contributed by atoms with Gasteiger partial charge in [0.05, 0.1) is 45.0 Å². The molecule has 0 spiro atoms. The summed E-state index contributed by atoms with van der Waals surface area (Å²) in [6.07, 6.45) is 0. The molecule has 8 aromatic carbocycles. The van der Waals surface area contributed by atoms with E-state index in [0.29, 0.717) is 5.82 Å². The van der Waals surface area contributed by atoms with Gasteiger partial charge in [0.25, 0.3) is 0 Å². The van der Waals surface area contributed by atoms with Gasteiger partial charge in [-0.15, -0.1) is 0 Å².